The number of para-hydroxylation sites is 2. The highest BCUT2D eigenvalue weighted by molar-refractivity contribution is 6.13. The summed E-state index contributed by atoms with van der Waals surface area (Å²) in [5, 5.41) is 3.61. The molecule has 3 heterocycles. The second-order valence-electron chi connectivity index (χ2n) is 17.5. The van der Waals surface area contributed by atoms with E-state index in [-0.39, 0.29) is 12.6 Å². The Morgan fingerprint density at radius 2 is 1.16 bits per heavy atom. The molecule has 11 rings (SSSR count). The fraction of sp³-hybridized carbons (Fsp3) is 0.0938. The summed E-state index contributed by atoms with van der Waals surface area (Å²) in [5.74, 6) is 0.734. The van der Waals surface area contributed by atoms with E-state index in [1.54, 1.807) is 0 Å². The van der Waals surface area contributed by atoms with Crippen LogP contribution in [-0.4, -0.2) is 26.6 Å². The molecule has 8 aromatic carbocycles. The number of nitrogens with zero attached hydrogens (tertiary/aromatic N) is 4. The second kappa shape index (κ2) is 20.7. The Hall–Kier alpha value is -8.58. The maximum atomic E-state index is 5.58. The third-order valence-corrected chi connectivity index (χ3v) is 13.1. The van der Waals surface area contributed by atoms with Crippen LogP contribution in [0.25, 0.3) is 83.6 Å². The Kier molecular flexibility index (Phi) is 13.4. The molecule has 4 N–H and O–H groups in total. The van der Waals surface area contributed by atoms with E-state index < -0.39 is 0 Å². The van der Waals surface area contributed by atoms with Crippen LogP contribution in [0.3, 0.4) is 0 Å². The van der Waals surface area contributed by atoms with Crippen LogP contribution in [-0.2, 0) is 0 Å². The first-order chi connectivity index (χ1) is 34.5. The number of hydrogen-bond acceptors (Lipinski definition) is 3. The molecule has 1 unspecified atom stereocenters. The first kappa shape index (κ1) is 45.2. The molecular weight excluding hydrogens is 853 g/mol. The molecule has 3 aromatic heterocycles. The fourth-order valence-electron chi connectivity index (χ4n) is 9.53. The molecule has 0 aliphatic carbocycles. The van der Waals surface area contributed by atoms with Gasteiger partial charge in [0.2, 0.25) is 0 Å². The van der Waals surface area contributed by atoms with Gasteiger partial charge in [-0.25, -0.2) is 4.98 Å². The number of benzene rings is 8. The zero-order chi connectivity index (χ0) is 47.8. The van der Waals surface area contributed by atoms with Crippen LogP contribution in [0, 0.1) is 0 Å². The largest absolute Gasteiger partial charge is 0.383 e. The number of pyridine rings is 1. The summed E-state index contributed by atoms with van der Waals surface area (Å²) in [6, 6.07) is 75.5. The Labute approximate surface area is 410 Å². The standard InChI is InChI=1S/C56H45N3.C8H11N3/c1-3-4-5-6-10-24-45-38-51(41-22-13-8-14-23-41)57-55-50-37-44(43-31-33-53-49(36-43)48-29-17-18-30-52(48)58(53)46-26-15-9-16-27-46)32-34-54(50)59(56(45)55)47-28-19-25-42(35-47)39(2)40-20-11-7-12-21-40;9-6-11-8(10)7-4-2-1-3-5-7/h5-39H,3-4H2,1-2H3;1-5H,6,9H2,(H2,10,11)/b6-5-,24-10+;. The molecule has 6 nitrogen and oxygen atoms in total. The van der Waals surface area contributed by atoms with Crippen LogP contribution in [0.1, 0.15) is 54.9 Å². The molecule has 0 saturated heterocycles. The highest BCUT2D eigenvalue weighted by Crippen LogP contribution is 2.40. The minimum Gasteiger partial charge on any atom is -0.383 e. The van der Waals surface area contributed by atoms with Gasteiger partial charge in [-0.15, -0.1) is 0 Å². The summed E-state index contributed by atoms with van der Waals surface area (Å²) in [4.78, 5) is 9.40. The predicted molar refractivity (Wildman–Crippen MR) is 297 cm³/mol. The van der Waals surface area contributed by atoms with Gasteiger partial charge in [-0.2, -0.15) is 0 Å². The van der Waals surface area contributed by atoms with E-state index in [9.17, 15) is 0 Å². The second-order valence-corrected chi connectivity index (χ2v) is 17.5. The van der Waals surface area contributed by atoms with Gasteiger partial charge >= 0.3 is 0 Å². The maximum Gasteiger partial charge on any atom is 0.127 e. The first-order valence-electron chi connectivity index (χ1n) is 24.2. The van der Waals surface area contributed by atoms with Crippen molar-refractivity contribution < 1.29 is 0 Å². The van der Waals surface area contributed by atoms with Crippen LogP contribution in [0.5, 0.6) is 0 Å². The third kappa shape index (κ3) is 9.21. The summed E-state index contributed by atoms with van der Waals surface area (Å²) < 4.78 is 4.81. The van der Waals surface area contributed by atoms with E-state index in [1.807, 2.05) is 30.3 Å². The lowest BCUT2D eigenvalue weighted by atomic mass is 9.93. The average Bonchev–Trinajstić information content (AvgIpc) is 3.94. The Morgan fingerprint density at radius 3 is 1.87 bits per heavy atom. The summed E-state index contributed by atoms with van der Waals surface area (Å²) in [7, 11) is 0. The number of hydrogen-bond donors (Lipinski definition) is 2. The number of aromatic nitrogens is 3. The minimum absolute atomic E-state index is 0.237. The number of fused-ring (bicyclic) bond motifs is 6. The van der Waals surface area contributed by atoms with Crippen LogP contribution >= 0.6 is 0 Å². The van der Waals surface area contributed by atoms with E-state index >= 15 is 0 Å². The lowest BCUT2D eigenvalue weighted by Crippen LogP contribution is -2.15. The van der Waals surface area contributed by atoms with E-state index in [0.717, 1.165) is 74.1 Å². The number of allylic oxidation sites excluding steroid dienone is 3. The van der Waals surface area contributed by atoms with E-state index in [0.29, 0.717) is 5.84 Å². The molecular formula is C64H56N6. The molecule has 11 aromatic rings. The number of rotatable bonds is 12. The van der Waals surface area contributed by atoms with Crippen LogP contribution in [0.15, 0.2) is 236 Å². The van der Waals surface area contributed by atoms with Crippen LogP contribution in [0.4, 0.5) is 0 Å². The molecule has 0 aliphatic heterocycles. The minimum atomic E-state index is 0.237. The number of aliphatic imine (C=N–C) groups is 1. The highest BCUT2D eigenvalue weighted by Gasteiger charge is 2.21. The Balaban J connectivity index is 0.000000457. The zero-order valence-electron chi connectivity index (χ0n) is 39.7. The highest BCUT2D eigenvalue weighted by atomic mass is 15.0. The summed E-state index contributed by atoms with van der Waals surface area (Å²) in [6.07, 6.45) is 11.0. The average molecular weight is 909 g/mol. The lowest BCUT2D eigenvalue weighted by molar-refractivity contribution is 0.919. The van der Waals surface area contributed by atoms with Crippen molar-refractivity contribution in [2.24, 2.45) is 16.5 Å². The van der Waals surface area contributed by atoms with Crippen molar-refractivity contribution in [3.8, 4) is 33.8 Å². The molecule has 0 saturated carbocycles. The fourth-order valence-corrected chi connectivity index (χ4v) is 9.53. The third-order valence-electron chi connectivity index (χ3n) is 13.1. The molecule has 342 valence electrons. The molecule has 0 bridgehead atoms. The molecule has 70 heavy (non-hydrogen) atoms. The van der Waals surface area contributed by atoms with E-state index in [4.69, 9.17) is 16.5 Å². The summed E-state index contributed by atoms with van der Waals surface area (Å²) in [5.41, 5.74) is 27.7. The molecule has 0 radical (unpaired) electrons. The predicted octanol–water partition coefficient (Wildman–Crippen LogP) is 15.4. The van der Waals surface area contributed by atoms with Gasteiger partial charge in [0.25, 0.3) is 0 Å². The van der Waals surface area contributed by atoms with Crippen molar-refractivity contribution in [3.05, 3.63) is 253 Å². The topological polar surface area (TPSA) is 87.1 Å². The summed E-state index contributed by atoms with van der Waals surface area (Å²) in [6.45, 7) is 4.75. The van der Waals surface area contributed by atoms with Crippen molar-refractivity contribution in [2.75, 3.05) is 6.67 Å². The van der Waals surface area contributed by atoms with Gasteiger partial charge in [0.05, 0.1) is 39.9 Å². The van der Waals surface area contributed by atoms with Gasteiger partial charge in [-0.1, -0.05) is 196 Å². The van der Waals surface area contributed by atoms with Crippen molar-refractivity contribution in [3.63, 3.8) is 0 Å². The Bertz CT molecular complexity index is 3660. The monoisotopic (exact) mass is 908 g/mol. The Morgan fingerprint density at radius 1 is 0.557 bits per heavy atom. The van der Waals surface area contributed by atoms with Crippen molar-refractivity contribution in [1.29, 1.82) is 0 Å². The SMILES string of the molecule is CCC/C=C\C=C\c1cc(-c2ccccc2)nc2c3cc(-c4ccc5c(c4)c4ccccc4n5-c4ccccc4)ccc3n(-c3cccc(C(C)c4ccccc4)c3)c12.NC/N=C(\N)c1ccccc1. The van der Waals surface area contributed by atoms with Crippen molar-refractivity contribution in [1.82, 2.24) is 14.1 Å². The van der Waals surface area contributed by atoms with Gasteiger partial charge in [0.15, 0.2) is 0 Å². The first-order valence-corrected chi connectivity index (χ1v) is 24.2. The zero-order valence-corrected chi connectivity index (χ0v) is 39.7. The van der Waals surface area contributed by atoms with Gasteiger partial charge in [-0.05, 0) is 89.3 Å². The van der Waals surface area contributed by atoms with Crippen molar-refractivity contribution >= 4 is 55.7 Å². The van der Waals surface area contributed by atoms with E-state index in [1.165, 1.54) is 38.5 Å². The number of nitrogens with two attached hydrogens (primary N) is 2. The van der Waals surface area contributed by atoms with Gasteiger partial charge in [0.1, 0.15) is 5.84 Å². The number of unbranched alkanes of at least 4 members (excludes halogenated alkanes) is 1. The lowest BCUT2D eigenvalue weighted by Gasteiger charge is -2.16. The normalized spacial score (nSPS) is 12.4. The van der Waals surface area contributed by atoms with Gasteiger partial charge in [-0.3, -0.25) is 4.99 Å². The molecule has 0 spiro atoms. The molecule has 1 atom stereocenters. The van der Waals surface area contributed by atoms with Crippen LogP contribution in [0.2, 0.25) is 0 Å². The molecule has 0 fully saturated rings. The van der Waals surface area contributed by atoms with E-state index in [2.05, 4.69) is 234 Å². The molecule has 0 aliphatic rings. The molecule has 6 heteroatoms. The van der Waals surface area contributed by atoms with Crippen LogP contribution < -0.4 is 11.5 Å². The number of amidine groups is 1. The smallest absolute Gasteiger partial charge is 0.127 e. The molecule has 0 amide bonds. The van der Waals surface area contributed by atoms with Gasteiger partial charge in [0, 0.05) is 50.1 Å². The maximum absolute atomic E-state index is 5.58. The van der Waals surface area contributed by atoms with Gasteiger partial charge < -0.3 is 20.6 Å². The quantitative estimate of drug-likeness (QED) is 0.0727. The van der Waals surface area contributed by atoms with Crippen molar-refractivity contribution in [2.45, 2.75) is 32.6 Å². The summed E-state index contributed by atoms with van der Waals surface area (Å²) >= 11 is 0.